The second kappa shape index (κ2) is 5.13. The minimum absolute atomic E-state index is 1.49. The van der Waals surface area contributed by atoms with Crippen molar-refractivity contribution < 1.29 is 48.4 Å². The maximum atomic E-state index is 9.40. The molecule has 0 unspecified atom stereocenters. The van der Waals surface area contributed by atoms with E-state index in [9.17, 15) is 4.80 Å². The Balaban J connectivity index is 4.75. The van der Waals surface area contributed by atoms with Gasteiger partial charge in [0.15, 0.2) is 9.04 Å². The lowest BCUT2D eigenvalue weighted by Crippen LogP contribution is -2.59. The summed E-state index contributed by atoms with van der Waals surface area (Å²) in [5.74, 6) is 0. The minimum atomic E-state index is -5.02. The van der Waals surface area contributed by atoms with E-state index in [4.69, 9.17) is 30.6 Å². The van der Waals surface area contributed by atoms with Crippen molar-refractivity contribution >= 4 is 18.1 Å². The van der Waals surface area contributed by atoms with E-state index in [2.05, 4.69) is 13.0 Å². The molecule has 0 amide bonds. The van der Waals surface area contributed by atoms with Crippen LogP contribution in [-0.4, -0.2) is 65.8 Å². The van der Waals surface area contributed by atoms with Gasteiger partial charge in [-0.1, -0.05) is 0 Å². The van der Waals surface area contributed by atoms with Crippen LogP contribution in [0.15, 0.2) is 0 Å². The first-order chi connectivity index (χ1) is 6.83. The molecule has 0 fully saturated rings. The zero-order valence-corrected chi connectivity index (χ0v) is 10.6. The fraction of sp³-hybridized carbons (Fsp3) is 1.00. The maximum absolute atomic E-state index is 9.40. The van der Waals surface area contributed by atoms with Crippen molar-refractivity contribution in [2.45, 2.75) is 25.4 Å². The Labute approximate surface area is 92.7 Å². The highest BCUT2D eigenvalue weighted by Gasteiger charge is 2.54. The summed E-state index contributed by atoms with van der Waals surface area (Å²) in [6.45, 7) is 2.98. The van der Waals surface area contributed by atoms with Gasteiger partial charge < -0.3 is 39.5 Å². The highest BCUT2D eigenvalue weighted by molar-refractivity contribution is 6.65. The molecular formula is C4H14O10Si2. The van der Waals surface area contributed by atoms with Gasteiger partial charge in [0.05, 0.1) is 0 Å². The van der Waals surface area contributed by atoms with Gasteiger partial charge in [0.1, 0.15) is 0 Å². The summed E-state index contributed by atoms with van der Waals surface area (Å²) < 4.78 is 12.2. The van der Waals surface area contributed by atoms with Crippen molar-refractivity contribution in [1.82, 2.24) is 0 Å². The van der Waals surface area contributed by atoms with Gasteiger partial charge in [-0.15, -0.1) is 0 Å². The van der Waals surface area contributed by atoms with Crippen LogP contribution in [0.3, 0.4) is 0 Å². The van der Waals surface area contributed by atoms with Crippen molar-refractivity contribution in [3.05, 3.63) is 0 Å². The summed E-state index contributed by atoms with van der Waals surface area (Å²) in [5.41, 5.74) is 0. The SMILES string of the molecule is C[SiH](C)O[Si](O)(OC(O)(O)O)OC(O)(O)O. The van der Waals surface area contributed by atoms with Crippen LogP contribution < -0.4 is 0 Å². The van der Waals surface area contributed by atoms with Crippen molar-refractivity contribution in [2.75, 3.05) is 0 Å². The highest BCUT2D eigenvalue weighted by atomic mass is 28.4. The third-order valence-electron chi connectivity index (χ3n) is 0.916. The van der Waals surface area contributed by atoms with Crippen molar-refractivity contribution in [2.24, 2.45) is 0 Å². The third-order valence-corrected chi connectivity index (χ3v) is 5.06. The summed E-state index contributed by atoms with van der Waals surface area (Å²) in [7, 11) is -7.10. The summed E-state index contributed by atoms with van der Waals surface area (Å²) >= 11 is 0. The zero-order valence-electron chi connectivity index (χ0n) is 8.43. The van der Waals surface area contributed by atoms with E-state index in [1.54, 1.807) is 0 Å². The van der Waals surface area contributed by atoms with Crippen molar-refractivity contribution in [3.8, 4) is 0 Å². The summed E-state index contributed by atoms with van der Waals surface area (Å²) in [4.78, 5) is 9.40. The van der Waals surface area contributed by atoms with Crippen LogP contribution in [0.1, 0.15) is 0 Å². The number of aliphatic hydroxyl groups is 6. The van der Waals surface area contributed by atoms with E-state index in [0.717, 1.165) is 0 Å². The van der Waals surface area contributed by atoms with Gasteiger partial charge in [0.25, 0.3) is 0 Å². The largest absolute Gasteiger partial charge is 0.677 e. The fourth-order valence-electron chi connectivity index (χ4n) is 0.713. The van der Waals surface area contributed by atoms with Gasteiger partial charge in [-0.3, -0.25) is 8.85 Å². The fourth-order valence-corrected chi connectivity index (χ4v) is 4.21. The molecule has 0 rings (SSSR count). The average molecular weight is 278 g/mol. The van der Waals surface area contributed by atoms with Gasteiger partial charge in [0, 0.05) is 0 Å². The molecule has 0 aliphatic heterocycles. The second-order valence-electron chi connectivity index (χ2n) is 3.04. The highest BCUT2D eigenvalue weighted by Crippen LogP contribution is 2.17. The maximum Gasteiger partial charge on any atom is 0.677 e. The molecule has 98 valence electrons. The third kappa shape index (κ3) is 8.22. The predicted molar refractivity (Wildman–Crippen MR) is 48.9 cm³/mol. The molecule has 0 aromatic heterocycles. The molecule has 10 nitrogen and oxygen atoms in total. The standard InChI is InChI=1S/C4H14O10Si2/c1-15(2)14-16(11,12-3(5,6)7)13-4(8,9)10/h5-11,15H,1-2H3. The van der Waals surface area contributed by atoms with Crippen LogP contribution in [0.25, 0.3) is 0 Å². The molecule has 0 aromatic carbocycles. The topological polar surface area (TPSA) is 169 Å². The summed E-state index contributed by atoms with van der Waals surface area (Å²) in [6, 6.07) is 0. The Kier molecular flexibility index (Phi) is 5.14. The van der Waals surface area contributed by atoms with E-state index in [-0.39, 0.29) is 0 Å². The monoisotopic (exact) mass is 278 g/mol. The smallest absolute Gasteiger partial charge is 0.397 e. The molecule has 0 atom stereocenters. The first-order valence-corrected chi connectivity index (χ1v) is 8.43. The van der Waals surface area contributed by atoms with Gasteiger partial charge in [0.2, 0.25) is 0 Å². The molecular weight excluding hydrogens is 264 g/mol. The lowest BCUT2D eigenvalue weighted by atomic mass is 11.2. The van der Waals surface area contributed by atoms with E-state index >= 15 is 0 Å². The lowest BCUT2D eigenvalue weighted by Gasteiger charge is -2.30. The van der Waals surface area contributed by atoms with E-state index < -0.39 is 30.4 Å². The Hall–Kier alpha value is 0.0338. The zero-order chi connectivity index (χ0) is 13.2. The molecule has 0 bridgehead atoms. The molecule has 0 saturated heterocycles. The molecule has 0 spiro atoms. The van der Waals surface area contributed by atoms with E-state index in [0.29, 0.717) is 0 Å². The van der Waals surface area contributed by atoms with Gasteiger partial charge in [-0.05, 0) is 13.1 Å². The average Bonchev–Trinajstić information content (AvgIpc) is 1.69. The van der Waals surface area contributed by atoms with Crippen LogP contribution in [-0.2, 0) is 13.0 Å². The first kappa shape index (κ1) is 16.0. The molecule has 0 aliphatic rings. The van der Waals surface area contributed by atoms with Gasteiger partial charge in [-0.25, -0.2) is 0 Å². The van der Waals surface area contributed by atoms with Crippen molar-refractivity contribution in [1.29, 1.82) is 0 Å². The molecule has 12 heteroatoms. The second-order valence-corrected chi connectivity index (χ2v) is 7.54. The van der Waals surface area contributed by atoms with Gasteiger partial charge in [-0.2, -0.15) is 0 Å². The summed E-state index contributed by atoms with van der Waals surface area (Å²) in [5, 5.41) is 50.6. The first-order valence-electron chi connectivity index (χ1n) is 3.98. The number of rotatable bonds is 6. The molecule has 0 aliphatic carbocycles. The van der Waals surface area contributed by atoms with Crippen LogP contribution in [0.2, 0.25) is 13.1 Å². The van der Waals surface area contributed by atoms with Crippen LogP contribution >= 0.6 is 0 Å². The Morgan fingerprint density at radius 1 is 0.875 bits per heavy atom. The lowest BCUT2D eigenvalue weighted by molar-refractivity contribution is -0.467. The van der Waals surface area contributed by atoms with Crippen LogP contribution in [0.4, 0.5) is 0 Å². The Morgan fingerprint density at radius 2 is 1.19 bits per heavy atom. The Morgan fingerprint density at radius 3 is 1.38 bits per heavy atom. The molecule has 0 aromatic rings. The van der Waals surface area contributed by atoms with Crippen molar-refractivity contribution in [3.63, 3.8) is 0 Å². The van der Waals surface area contributed by atoms with Crippen LogP contribution in [0.5, 0.6) is 0 Å². The van der Waals surface area contributed by atoms with Crippen LogP contribution in [0, 0.1) is 0 Å². The van der Waals surface area contributed by atoms with E-state index in [1.807, 2.05) is 0 Å². The molecule has 0 radical (unpaired) electrons. The minimum Gasteiger partial charge on any atom is -0.397 e. The normalized spacial score (nSPS) is 14.6. The molecule has 0 saturated carbocycles. The number of hydrogen-bond donors (Lipinski definition) is 7. The molecule has 7 N–H and O–H groups in total. The predicted octanol–water partition coefficient (Wildman–Crippen LogP) is -4.38. The Bertz CT molecular complexity index is 202. The number of hydrogen-bond acceptors (Lipinski definition) is 10. The van der Waals surface area contributed by atoms with E-state index in [1.165, 1.54) is 13.1 Å². The quantitative estimate of drug-likeness (QED) is 0.186. The summed E-state index contributed by atoms with van der Waals surface area (Å²) in [6.07, 6.45) is -7.62. The molecule has 0 heterocycles. The van der Waals surface area contributed by atoms with Gasteiger partial charge >= 0.3 is 21.4 Å². The molecule has 16 heavy (non-hydrogen) atoms.